The first-order valence-electron chi connectivity index (χ1n) is 5.77. The lowest BCUT2D eigenvalue weighted by Gasteiger charge is -2.25. The molecule has 0 radical (unpaired) electrons. The van der Waals surface area contributed by atoms with E-state index in [1.165, 1.54) is 7.11 Å². The topological polar surface area (TPSA) is 44.8 Å². The SMILES string of the molecule is COC(=O)C(O[Si](C)(C)C)c1cccc(OC)c1. The first-order chi connectivity index (χ1) is 8.37. The largest absolute Gasteiger partial charge is 0.497 e. The van der Waals surface area contributed by atoms with Gasteiger partial charge in [0.15, 0.2) is 14.4 Å². The van der Waals surface area contributed by atoms with E-state index in [4.69, 9.17) is 13.9 Å². The first-order valence-corrected chi connectivity index (χ1v) is 9.18. The average molecular weight is 268 g/mol. The molecule has 0 amide bonds. The predicted octanol–water partition coefficient (Wildman–Crippen LogP) is 2.76. The zero-order valence-corrected chi connectivity index (χ0v) is 12.5. The van der Waals surface area contributed by atoms with Crippen molar-refractivity contribution in [3.8, 4) is 5.75 Å². The summed E-state index contributed by atoms with van der Waals surface area (Å²) in [5, 5.41) is 0. The molecule has 1 aromatic rings. The van der Waals surface area contributed by atoms with Crippen LogP contribution in [0.2, 0.25) is 19.6 Å². The highest BCUT2D eigenvalue weighted by molar-refractivity contribution is 6.69. The van der Waals surface area contributed by atoms with Crippen LogP contribution in [0, 0.1) is 0 Å². The van der Waals surface area contributed by atoms with Gasteiger partial charge in [-0.1, -0.05) is 12.1 Å². The summed E-state index contributed by atoms with van der Waals surface area (Å²) in [6, 6.07) is 7.29. The Hall–Kier alpha value is -1.33. The van der Waals surface area contributed by atoms with Crippen LogP contribution in [0.3, 0.4) is 0 Å². The van der Waals surface area contributed by atoms with E-state index in [-0.39, 0.29) is 5.97 Å². The van der Waals surface area contributed by atoms with Crippen LogP contribution in [0.5, 0.6) is 5.75 Å². The van der Waals surface area contributed by atoms with Crippen LogP contribution in [0.15, 0.2) is 24.3 Å². The molecule has 0 aliphatic carbocycles. The van der Waals surface area contributed by atoms with Gasteiger partial charge in [0, 0.05) is 0 Å². The molecule has 0 heterocycles. The smallest absolute Gasteiger partial charge is 0.338 e. The summed E-state index contributed by atoms with van der Waals surface area (Å²) in [6.07, 6.45) is -0.684. The third-order valence-corrected chi connectivity index (χ3v) is 3.23. The van der Waals surface area contributed by atoms with Crippen LogP contribution in [0.25, 0.3) is 0 Å². The first kappa shape index (κ1) is 14.7. The Morgan fingerprint density at radius 2 is 1.89 bits per heavy atom. The fourth-order valence-corrected chi connectivity index (χ4v) is 2.46. The number of benzene rings is 1. The van der Waals surface area contributed by atoms with Gasteiger partial charge in [0.05, 0.1) is 14.2 Å². The molecule has 4 nitrogen and oxygen atoms in total. The van der Waals surface area contributed by atoms with Crippen molar-refractivity contribution in [2.75, 3.05) is 14.2 Å². The van der Waals surface area contributed by atoms with Crippen molar-refractivity contribution < 1.29 is 18.7 Å². The Morgan fingerprint density at radius 1 is 1.22 bits per heavy atom. The molecular formula is C13H20O4Si. The molecule has 0 bridgehead atoms. The van der Waals surface area contributed by atoms with Crippen LogP contribution >= 0.6 is 0 Å². The van der Waals surface area contributed by atoms with E-state index in [0.29, 0.717) is 5.75 Å². The van der Waals surface area contributed by atoms with Crippen LogP contribution in [0.4, 0.5) is 0 Å². The summed E-state index contributed by atoms with van der Waals surface area (Å²) in [5.41, 5.74) is 0.753. The molecule has 0 saturated heterocycles. The third-order valence-electron chi connectivity index (χ3n) is 2.28. The zero-order valence-electron chi connectivity index (χ0n) is 11.5. The van der Waals surface area contributed by atoms with E-state index >= 15 is 0 Å². The van der Waals surface area contributed by atoms with Gasteiger partial charge in [-0.25, -0.2) is 4.79 Å². The Kier molecular flexibility index (Phi) is 4.92. The quantitative estimate of drug-likeness (QED) is 0.608. The number of methoxy groups -OCH3 is 2. The fraction of sp³-hybridized carbons (Fsp3) is 0.462. The van der Waals surface area contributed by atoms with E-state index in [9.17, 15) is 4.79 Å². The molecule has 1 rings (SSSR count). The molecule has 0 fully saturated rings. The van der Waals surface area contributed by atoms with Gasteiger partial charge in [0.25, 0.3) is 0 Å². The van der Waals surface area contributed by atoms with Gasteiger partial charge in [-0.05, 0) is 37.3 Å². The predicted molar refractivity (Wildman–Crippen MR) is 72.2 cm³/mol. The van der Waals surface area contributed by atoms with Crippen LogP contribution in [-0.4, -0.2) is 28.5 Å². The summed E-state index contributed by atoms with van der Waals surface area (Å²) < 4.78 is 15.8. The molecule has 0 spiro atoms. The van der Waals surface area contributed by atoms with E-state index in [1.807, 2.05) is 37.8 Å². The van der Waals surface area contributed by atoms with E-state index in [2.05, 4.69) is 0 Å². The summed E-state index contributed by atoms with van der Waals surface area (Å²) >= 11 is 0. The van der Waals surface area contributed by atoms with Gasteiger partial charge < -0.3 is 13.9 Å². The van der Waals surface area contributed by atoms with Gasteiger partial charge in [-0.15, -0.1) is 0 Å². The molecule has 5 heteroatoms. The van der Waals surface area contributed by atoms with Gasteiger partial charge in [0.1, 0.15) is 5.75 Å². The Bertz CT molecular complexity index is 412. The lowest BCUT2D eigenvalue weighted by atomic mass is 10.1. The maximum atomic E-state index is 11.8. The summed E-state index contributed by atoms with van der Waals surface area (Å²) in [7, 11) is 1.10. The molecular weight excluding hydrogens is 248 g/mol. The second kappa shape index (κ2) is 6.02. The van der Waals surface area contributed by atoms with Crippen molar-refractivity contribution in [3.05, 3.63) is 29.8 Å². The number of hydrogen-bond acceptors (Lipinski definition) is 4. The van der Waals surface area contributed by atoms with Crippen molar-refractivity contribution in [3.63, 3.8) is 0 Å². The molecule has 0 aliphatic heterocycles. The minimum Gasteiger partial charge on any atom is -0.497 e. The van der Waals surface area contributed by atoms with Crippen molar-refractivity contribution in [1.29, 1.82) is 0 Å². The molecule has 0 aliphatic rings. The molecule has 1 unspecified atom stereocenters. The lowest BCUT2D eigenvalue weighted by molar-refractivity contribution is -0.149. The van der Waals surface area contributed by atoms with Crippen molar-refractivity contribution >= 4 is 14.3 Å². The average Bonchev–Trinajstić information content (AvgIpc) is 2.34. The maximum Gasteiger partial charge on any atom is 0.338 e. The van der Waals surface area contributed by atoms with Crippen molar-refractivity contribution in [2.24, 2.45) is 0 Å². The number of hydrogen-bond donors (Lipinski definition) is 0. The fourth-order valence-electron chi connectivity index (χ4n) is 1.52. The highest BCUT2D eigenvalue weighted by Crippen LogP contribution is 2.26. The summed E-state index contributed by atoms with van der Waals surface area (Å²) in [6.45, 7) is 6.09. The maximum absolute atomic E-state index is 11.8. The van der Waals surface area contributed by atoms with E-state index < -0.39 is 14.4 Å². The van der Waals surface area contributed by atoms with Gasteiger partial charge in [-0.2, -0.15) is 0 Å². The molecule has 0 N–H and O–H groups in total. The lowest BCUT2D eigenvalue weighted by Crippen LogP contribution is -2.32. The van der Waals surface area contributed by atoms with E-state index in [0.717, 1.165) is 5.56 Å². The number of carbonyl (C=O) groups is 1. The second-order valence-electron chi connectivity index (χ2n) is 4.91. The highest BCUT2D eigenvalue weighted by Gasteiger charge is 2.29. The van der Waals surface area contributed by atoms with Gasteiger partial charge in [0.2, 0.25) is 0 Å². The second-order valence-corrected chi connectivity index (χ2v) is 9.37. The zero-order chi connectivity index (χ0) is 13.8. The number of rotatable bonds is 5. The third kappa shape index (κ3) is 4.16. The van der Waals surface area contributed by atoms with Crippen molar-refractivity contribution in [1.82, 2.24) is 0 Å². The highest BCUT2D eigenvalue weighted by atomic mass is 28.4. The van der Waals surface area contributed by atoms with Crippen LogP contribution < -0.4 is 4.74 Å². The van der Waals surface area contributed by atoms with Crippen LogP contribution in [-0.2, 0) is 14.0 Å². The van der Waals surface area contributed by atoms with Gasteiger partial charge in [-0.3, -0.25) is 0 Å². The Labute approximate surface area is 109 Å². The molecule has 100 valence electrons. The number of ether oxygens (including phenoxy) is 2. The van der Waals surface area contributed by atoms with E-state index in [1.54, 1.807) is 13.2 Å². The van der Waals surface area contributed by atoms with Gasteiger partial charge >= 0.3 is 5.97 Å². The standard InChI is InChI=1S/C13H20O4Si/c1-15-11-8-6-7-10(9-11)12(13(14)16-2)17-18(3,4)5/h6-9,12H,1-5H3. The molecule has 0 aromatic heterocycles. The number of carbonyl (C=O) groups excluding carboxylic acids is 1. The summed E-state index contributed by atoms with van der Waals surface area (Å²) in [5.74, 6) is 0.311. The number of esters is 1. The molecule has 18 heavy (non-hydrogen) atoms. The summed E-state index contributed by atoms with van der Waals surface area (Å²) in [4.78, 5) is 11.8. The van der Waals surface area contributed by atoms with Crippen molar-refractivity contribution in [2.45, 2.75) is 25.7 Å². The molecule has 1 atom stereocenters. The minimum absolute atomic E-state index is 0.384. The monoisotopic (exact) mass is 268 g/mol. The minimum atomic E-state index is -1.85. The molecule has 1 aromatic carbocycles. The Balaban J connectivity index is 3.05. The Morgan fingerprint density at radius 3 is 2.39 bits per heavy atom. The molecule has 0 saturated carbocycles. The van der Waals surface area contributed by atoms with Crippen LogP contribution in [0.1, 0.15) is 11.7 Å². The normalized spacial score (nSPS) is 12.9.